The Morgan fingerprint density at radius 2 is 2.36 bits per heavy atom. The van der Waals surface area contributed by atoms with Crippen LogP contribution in [0.15, 0.2) is 37.4 Å². The number of aromatic nitrogens is 3. The van der Waals surface area contributed by atoms with Gasteiger partial charge >= 0.3 is 0 Å². The topological polar surface area (TPSA) is 30.7 Å². The third-order valence-electron chi connectivity index (χ3n) is 2.11. The summed E-state index contributed by atoms with van der Waals surface area (Å²) in [7, 11) is 0. The Morgan fingerprint density at radius 3 is 3.00 bits per heavy atom. The third kappa shape index (κ3) is 1.33. The van der Waals surface area contributed by atoms with Gasteiger partial charge in [0.1, 0.15) is 6.33 Å². The molecule has 2 rings (SSSR count). The summed E-state index contributed by atoms with van der Waals surface area (Å²) in [4.78, 5) is 8.29. The molecule has 0 fully saturated rings. The smallest absolute Gasteiger partial charge is 0.100 e. The van der Waals surface area contributed by atoms with Crippen LogP contribution in [-0.4, -0.2) is 14.5 Å². The van der Waals surface area contributed by atoms with Crippen LogP contribution < -0.4 is 0 Å². The minimum Gasteiger partial charge on any atom is -0.298 e. The van der Waals surface area contributed by atoms with Crippen molar-refractivity contribution in [2.24, 2.45) is 0 Å². The molecule has 0 amide bonds. The maximum atomic E-state index is 4.23. The lowest BCUT2D eigenvalue weighted by molar-refractivity contribution is 1.03. The van der Waals surface area contributed by atoms with E-state index in [0.717, 1.165) is 17.1 Å². The number of pyridine rings is 1. The first kappa shape index (κ1) is 8.69. The predicted molar refractivity (Wildman–Crippen MR) is 56.2 cm³/mol. The number of rotatable bonds is 2. The van der Waals surface area contributed by atoms with Crippen LogP contribution in [0.1, 0.15) is 11.4 Å². The van der Waals surface area contributed by atoms with Crippen molar-refractivity contribution in [3.63, 3.8) is 0 Å². The fourth-order valence-corrected chi connectivity index (χ4v) is 1.40. The highest BCUT2D eigenvalue weighted by Crippen LogP contribution is 2.13. The number of hydrogen-bond acceptors (Lipinski definition) is 2. The molecule has 0 saturated carbocycles. The first-order chi connectivity index (χ1) is 6.83. The molecular weight excluding hydrogens is 174 g/mol. The summed E-state index contributed by atoms with van der Waals surface area (Å²) in [5, 5.41) is 0. The Balaban J connectivity index is 2.57. The molecule has 0 saturated heterocycles. The molecule has 0 spiro atoms. The van der Waals surface area contributed by atoms with E-state index in [2.05, 4.69) is 16.5 Å². The van der Waals surface area contributed by atoms with Crippen molar-refractivity contribution in [1.29, 1.82) is 0 Å². The van der Waals surface area contributed by atoms with Gasteiger partial charge in [0.05, 0.1) is 23.3 Å². The molecule has 2 aromatic rings. The van der Waals surface area contributed by atoms with Crippen molar-refractivity contribution in [3.8, 4) is 5.69 Å². The van der Waals surface area contributed by atoms with Crippen LogP contribution in [0, 0.1) is 6.92 Å². The lowest BCUT2D eigenvalue weighted by Gasteiger charge is -2.03. The van der Waals surface area contributed by atoms with Gasteiger partial charge in [0.15, 0.2) is 0 Å². The molecule has 0 radical (unpaired) electrons. The minimum atomic E-state index is 0.976. The summed E-state index contributed by atoms with van der Waals surface area (Å²) in [6.45, 7) is 5.73. The molecule has 0 aliphatic heterocycles. The van der Waals surface area contributed by atoms with Crippen LogP contribution in [0.2, 0.25) is 0 Å². The standard InChI is InChI=1S/C11H11N3/c1-3-11-9(2)13-8-14(11)10-5-4-6-12-7-10/h3-8H,1H2,2H3. The molecule has 0 N–H and O–H groups in total. The third-order valence-corrected chi connectivity index (χ3v) is 2.11. The van der Waals surface area contributed by atoms with E-state index in [1.807, 2.05) is 23.6 Å². The Morgan fingerprint density at radius 1 is 1.50 bits per heavy atom. The summed E-state index contributed by atoms with van der Waals surface area (Å²) < 4.78 is 1.97. The lowest BCUT2D eigenvalue weighted by atomic mass is 10.3. The van der Waals surface area contributed by atoms with Gasteiger partial charge in [-0.15, -0.1) is 0 Å². The SMILES string of the molecule is C=Cc1c(C)ncn1-c1cccnc1. The Hall–Kier alpha value is -1.90. The van der Waals surface area contributed by atoms with Gasteiger partial charge in [-0.2, -0.15) is 0 Å². The summed E-state index contributed by atoms with van der Waals surface area (Å²) >= 11 is 0. The second-order valence-corrected chi connectivity index (χ2v) is 3.00. The zero-order valence-electron chi connectivity index (χ0n) is 8.01. The normalized spacial score (nSPS) is 10.1. The van der Waals surface area contributed by atoms with E-state index >= 15 is 0 Å². The monoisotopic (exact) mass is 185 g/mol. The highest BCUT2D eigenvalue weighted by Gasteiger charge is 2.04. The minimum absolute atomic E-state index is 0.976. The highest BCUT2D eigenvalue weighted by atomic mass is 15.1. The molecule has 3 heteroatoms. The van der Waals surface area contributed by atoms with Crippen molar-refractivity contribution in [3.05, 3.63) is 48.8 Å². The molecule has 0 unspecified atom stereocenters. The Bertz CT molecular complexity index is 443. The fraction of sp³-hybridized carbons (Fsp3) is 0.0909. The number of aryl methyl sites for hydroxylation is 1. The second kappa shape index (κ2) is 3.46. The Kier molecular flexibility index (Phi) is 2.14. The molecular formula is C11H11N3. The van der Waals surface area contributed by atoms with E-state index in [0.29, 0.717) is 0 Å². The van der Waals surface area contributed by atoms with Gasteiger partial charge in [0.25, 0.3) is 0 Å². The van der Waals surface area contributed by atoms with Gasteiger partial charge in [-0.25, -0.2) is 4.98 Å². The number of hydrogen-bond donors (Lipinski definition) is 0. The van der Waals surface area contributed by atoms with Crippen molar-refractivity contribution >= 4 is 6.08 Å². The lowest BCUT2D eigenvalue weighted by Crippen LogP contribution is -1.95. The molecule has 0 aliphatic rings. The van der Waals surface area contributed by atoms with Gasteiger partial charge in [-0.3, -0.25) is 9.55 Å². The van der Waals surface area contributed by atoms with Crippen molar-refractivity contribution in [2.45, 2.75) is 6.92 Å². The summed E-state index contributed by atoms with van der Waals surface area (Å²) in [5.41, 5.74) is 2.99. The number of nitrogens with zero attached hydrogens (tertiary/aromatic N) is 3. The summed E-state index contributed by atoms with van der Waals surface area (Å²) in [6, 6.07) is 3.89. The fourth-order valence-electron chi connectivity index (χ4n) is 1.40. The van der Waals surface area contributed by atoms with E-state index in [1.165, 1.54) is 0 Å². The number of imidazole rings is 1. The van der Waals surface area contributed by atoms with E-state index in [1.54, 1.807) is 24.8 Å². The van der Waals surface area contributed by atoms with E-state index < -0.39 is 0 Å². The average molecular weight is 185 g/mol. The van der Waals surface area contributed by atoms with E-state index in [9.17, 15) is 0 Å². The second-order valence-electron chi connectivity index (χ2n) is 3.00. The van der Waals surface area contributed by atoms with Crippen LogP contribution in [0.5, 0.6) is 0 Å². The van der Waals surface area contributed by atoms with Gasteiger partial charge in [-0.05, 0) is 25.1 Å². The largest absolute Gasteiger partial charge is 0.298 e. The molecule has 14 heavy (non-hydrogen) atoms. The summed E-state index contributed by atoms with van der Waals surface area (Å²) in [6.07, 6.45) is 7.13. The van der Waals surface area contributed by atoms with Crippen LogP contribution in [-0.2, 0) is 0 Å². The zero-order valence-corrected chi connectivity index (χ0v) is 8.01. The first-order valence-electron chi connectivity index (χ1n) is 4.39. The maximum absolute atomic E-state index is 4.23. The highest BCUT2D eigenvalue weighted by molar-refractivity contribution is 5.49. The van der Waals surface area contributed by atoms with Gasteiger partial charge < -0.3 is 0 Å². The zero-order chi connectivity index (χ0) is 9.97. The van der Waals surface area contributed by atoms with Crippen molar-refractivity contribution in [1.82, 2.24) is 14.5 Å². The summed E-state index contributed by atoms with van der Waals surface area (Å²) in [5.74, 6) is 0. The van der Waals surface area contributed by atoms with E-state index in [-0.39, 0.29) is 0 Å². The van der Waals surface area contributed by atoms with Gasteiger partial charge in [0.2, 0.25) is 0 Å². The van der Waals surface area contributed by atoms with E-state index in [4.69, 9.17) is 0 Å². The molecule has 2 heterocycles. The molecule has 0 aromatic carbocycles. The first-order valence-corrected chi connectivity index (χ1v) is 4.39. The van der Waals surface area contributed by atoms with Crippen LogP contribution in [0.3, 0.4) is 0 Å². The Labute approximate surface area is 82.8 Å². The van der Waals surface area contributed by atoms with Gasteiger partial charge in [-0.1, -0.05) is 6.58 Å². The van der Waals surface area contributed by atoms with Gasteiger partial charge in [0, 0.05) is 6.20 Å². The molecule has 0 atom stereocenters. The van der Waals surface area contributed by atoms with Crippen molar-refractivity contribution < 1.29 is 0 Å². The molecule has 0 aliphatic carbocycles. The van der Waals surface area contributed by atoms with Crippen molar-refractivity contribution in [2.75, 3.05) is 0 Å². The molecule has 2 aromatic heterocycles. The van der Waals surface area contributed by atoms with Crippen LogP contribution >= 0.6 is 0 Å². The molecule has 0 bridgehead atoms. The van der Waals surface area contributed by atoms with Crippen LogP contribution in [0.4, 0.5) is 0 Å². The molecule has 70 valence electrons. The maximum Gasteiger partial charge on any atom is 0.100 e. The van der Waals surface area contributed by atoms with Crippen LogP contribution in [0.25, 0.3) is 11.8 Å². The molecule has 3 nitrogen and oxygen atoms in total. The quantitative estimate of drug-likeness (QED) is 0.718. The predicted octanol–water partition coefficient (Wildman–Crippen LogP) is 2.22. The average Bonchev–Trinajstić information content (AvgIpc) is 2.61.